The number of benzene rings is 2. The van der Waals surface area contributed by atoms with Crippen molar-refractivity contribution in [3.05, 3.63) is 53.6 Å². The second kappa shape index (κ2) is 5.92. The lowest BCUT2D eigenvalue weighted by molar-refractivity contribution is 0.0994. The number of hydrogen-bond donors (Lipinski definition) is 2. The number of nitrogens with zero attached hydrogens (tertiary/aromatic N) is 2. The van der Waals surface area contributed by atoms with Crippen LogP contribution in [0.2, 0.25) is 0 Å². The molecule has 23 heavy (non-hydrogen) atoms. The zero-order valence-corrected chi connectivity index (χ0v) is 12.7. The summed E-state index contributed by atoms with van der Waals surface area (Å²) in [5.41, 5.74) is 2.11. The first-order valence-electron chi connectivity index (χ1n) is 7.01. The third kappa shape index (κ3) is 2.66. The van der Waals surface area contributed by atoms with E-state index in [1.165, 1.54) is 7.11 Å². The minimum absolute atomic E-state index is 0.161. The molecule has 0 aliphatic carbocycles. The first-order chi connectivity index (χ1) is 11.1. The number of aromatic hydroxyl groups is 1. The van der Waals surface area contributed by atoms with Gasteiger partial charge in [-0.3, -0.25) is 4.79 Å². The Morgan fingerprint density at radius 1 is 1.17 bits per heavy atom. The van der Waals surface area contributed by atoms with E-state index in [-0.39, 0.29) is 11.6 Å². The number of methoxy groups -OCH3 is 1. The average molecular weight is 309 g/mol. The van der Waals surface area contributed by atoms with Crippen molar-refractivity contribution in [2.45, 2.75) is 6.92 Å². The number of para-hydroxylation sites is 1. The number of aromatic nitrogens is 1. The SMILES string of the molecule is COc1cccc2c(N=NC(=O)c3ccccc3C)c(O)[nH]c12. The van der Waals surface area contributed by atoms with Crippen LogP contribution in [0.3, 0.4) is 0 Å². The number of rotatable bonds is 3. The highest BCUT2D eigenvalue weighted by Gasteiger charge is 2.14. The monoisotopic (exact) mass is 309 g/mol. The van der Waals surface area contributed by atoms with Gasteiger partial charge in [-0.05, 0) is 24.6 Å². The molecule has 0 aliphatic rings. The zero-order chi connectivity index (χ0) is 16.4. The van der Waals surface area contributed by atoms with Crippen LogP contribution in [0.15, 0.2) is 52.7 Å². The number of hydrogen-bond acceptors (Lipinski definition) is 4. The Kier molecular flexibility index (Phi) is 3.80. The molecule has 1 aromatic heterocycles. The maximum atomic E-state index is 12.2. The van der Waals surface area contributed by atoms with Crippen molar-refractivity contribution in [3.8, 4) is 11.6 Å². The van der Waals surface area contributed by atoms with E-state index in [0.717, 1.165) is 5.56 Å². The van der Waals surface area contributed by atoms with E-state index in [2.05, 4.69) is 15.2 Å². The summed E-state index contributed by atoms with van der Waals surface area (Å²) in [7, 11) is 1.54. The molecule has 0 saturated heterocycles. The standard InChI is InChI=1S/C17H15N3O3/c1-10-6-3-4-7-11(10)16(21)20-19-15-12-8-5-9-13(23-2)14(12)18-17(15)22/h3-9,18,22H,1-2H3. The molecule has 3 rings (SSSR count). The fourth-order valence-corrected chi connectivity index (χ4v) is 2.40. The van der Waals surface area contributed by atoms with Crippen LogP contribution in [0, 0.1) is 6.92 Å². The molecule has 0 spiro atoms. The van der Waals surface area contributed by atoms with Gasteiger partial charge < -0.3 is 14.8 Å². The number of azo groups is 1. The predicted octanol–water partition coefficient (Wildman–Crippen LogP) is 4.11. The number of aromatic amines is 1. The Morgan fingerprint density at radius 3 is 2.70 bits per heavy atom. The van der Waals surface area contributed by atoms with Gasteiger partial charge in [0.2, 0.25) is 5.88 Å². The average Bonchev–Trinajstić information content (AvgIpc) is 2.88. The molecule has 116 valence electrons. The quantitative estimate of drug-likeness (QED) is 0.713. The van der Waals surface area contributed by atoms with Crippen molar-refractivity contribution in [2.75, 3.05) is 7.11 Å². The number of amides is 1. The lowest BCUT2D eigenvalue weighted by Gasteiger charge is -2.00. The van der Waals surface area contributed by atoms with Crippen molar-refractivity contribution in [3.63, 3.8) is 0 Å². The molecule has 6 nitrogen and oxygen atoms in total. The van der Waals surface area contributed by atoms with Crippen LogP contribution in [-0.4, -0.2) is 23.1 Å². The Morgan fingerprint density at radius 2 is 1.96 bits per heavy atom. The molecule has 0 atom stereocenters. The Hall–Kier alpha value is -3.15. The summed E-state index contributed by atoms with van der Waals surface area (Å²) in [4.78, 5) is 14.9. The van der Waals surface area contributed by atoms with Crippen LogP contribution in [0.25, 0.3) is 10.9 Å². The molecule has 0 unspecified atom stereocenters. The van der Waals surface area contributed by atoms with Crippen LogP contribution in [-0.2, 0) is 0 Å². The molecule has 2 aromatic carbocycles. The summed E-state index contributed by atoms with van der Waals surface area (Å²) in [6.07, 6.45) is 0. The first-order valence-corrected chi connectivity index (χ1v) is 7.01. The van der Waals surface area contributed by atoms with E-state index in [9.17, 15) is 9.90 Å². The highest BCUT2D eigenvalue weighted by atomic mass is 16.5. The molecule has 0 radical (unpaired) electrons. The number of carbonyl (C=O) groups excluding carboxylic acids is 1. The number of ether oxygens (including phenoxy) is 1. The van der Waals surface area contributed by atoms with Crippen LogP contribution in [0.4, 0.5) is 5.69 Å². The van der Waals surface area contributed by atoms with Gasteiger partial charge in [0.05, 0.1) is 12.6 Å². The minimum Gasteiger partial charge on any atom is -0.495 e. The third-order valence-corrected chi connectivity index (χ3v) is 3.59. The number of nitrogens with one attached hydrogen (secondary N) is 1. The van der Waals surface area contributed by atoms with Gasteiger partial charge in [0, 0.05) is 10.9 Å². The minimum atomic E-state index is -0.459. The Labute approximate surface area is 132 Å². The fourth-order valence-electron chi connectivity index (χ4n) is 2.40. The van der Waals surface area contributed by atoms with Gasteiger partial charge in [0.25, 0.3) is 5.91 Å². The van der Waals surface area contributed by atoms with Gasteiger partial charge in [-0.2, -0.15) is 0 Å². The molecule has 0 saturated carbocycles. The lowest BCUT2D eigenvalue weighted by Crippen LogP contribution is -1.96. The van der Waals surface area contributed by atoms with Crippen molar-refractivity contribution in [1.82, 2.24) is 4.98 Å². The van der Waals surface area contributed by atoms with Crippen molar-refractivity contribution in [2.24, 2.45) is 10.2 Å². The largest absolute Gasteiger partial charge is 0.495 e. The second-order valence-corrected chi connectivity index (χ2v) is 5.03. The zero-order valence-electron chi connectivity index (χ0n) is 12.7. The predicted molar refractivity (Wildman–Crippen MR) is 86.5 cm³/mol. The third-order valence-electron chi connectivity index (χ3n) is 3.59. The molecule has 0 fully saturated rings. The van der Waals surface area contributed by atoms with E-state index in [4.69, 9.17) is 4.74 Å². The summed E-state index contributed by atoms with van der Waals surface area (Å²) in [6, 6.07) is 12.4. The molecular formula is C17H15N3O3. The van der Waals surface area contributed by atoms with Gasteiger partial charge >= 0.3 is 0 Å². The normalized spacial score (nSPS) is 11.2. The highest BCUT2D eigenvalue weighted by molar-refractivity contribution is 5.99. The maximum Gasteiger partial charge on any atom is 0.295 e. The highest BCUT2D eigenvalue weighted by Crippen LogP contribution is 2.39. The number of fused-ring (bicyclic) bond motifs is 1. The summed E-state index contributed by atoms with van der Waals surface area (Å²) >= 11 is 0. The molecule has 6 heteroatoms. The van der Waals surface area contributed by atoms with Gasteiger partial charge in [-0.1, -0.05) is 30.3 Å². The summed E-state index contributed by atoms with van der Waals surface area (Å²) in [5, 5.41) is 18.3. The van der Waals surface area contributed by atoms with Crippen molar-refractivity contribution >= 4 is 22.5 Å². The van der Waals surface area contributed by atoms with E-state index >= 15 is 0 Å². The van der Waals surface area contributed by atoms with Gasteiger partial charge in [0.1, 0.15) is 5.75 Å². The fraction of sp³-hybridized carbons (Fsp3) is 0.118. The van der Waals surface area contributed by atoms with E-state index < -0.39 is 5.91 Å². The first kappa shape index (κ1) is 14.8. The lowest BCUT2D eigenvalue weighted by atomic mass is 10.1. The van der Waals surface area contributed by atoms with Crippen LogP contribution in [0.1, 0.15) is 15.9 Å². The van der Waals surface area contributed by atoms with E-state index in [1.54, 1.807) is 30.3 Å². The molecule has 3 aromatic rings. The Balaban J connectivity index is 2.00. The maximum absolute atomic E-state index is 12.2. The summed E-state index contributed by atoms with van der Waals surface area (Å²) in [6.45, 7) is 1.83. The summed E-state index contributed by atoms with van der Waals surface area (Å²) < 4.78 is 5.22. The number of carbonyl (C=O) groups is 1. The van der Waals surface area contributed by atoms with Crippen molar-refractivity contribution < 1.29 is 14.6 Å². The smallest absolute Gasteiger partial charge is 0.295 e. The number of aryl methyl sites for hydroxylation is 1. The van der Waals surface area contributed by atoms with Crippen LogP contribution in [0.5, 0.6) is 11.6 Å². The van der Waals surface area contributed by atoms with Gasteiger partial charge in [-0.15, -0.1) is 10.2 Å². The molecule has 1 heterocycles. The molecule has 0 bridgehead atoms. The second-order valence-electron chi connectivity index (χ2n) is 5.03. The van der Waals surface area contributed by atoms with E-state index in [1.807, 2.05) is 19.1 Å². The van der Waals surface area contributed by atoms with Gasteiger partial charge in [0.15, 0.2) is 5.69 Å². The number of H-pyrrole nitrogens is 1. The van der Waals surface area contributed by atoms with Crippen LogP contribution < -0.4 is 4.74 Å². The summed E-state index contributed by atoms with van der Waals surface area (Å²) in [5.74, 6) is -0.0462. The van der Waals surface area contributed by atoms with Crippen LogP contribution >= 0.6 is 0 Å². The van der Waals surface area contributed by atoms with E-state index in [0.29, 0.717) is 22.2 Å². The topological polar surface area (TPSA) is 87.0 Å². The molecule has 1 amide bonds. The molecule has 0 aliphatic heterocycles. The van der Waals surface area contributed by atoms with Gasteiger partial charge in [-0.25, -0.2) is 0 Å². The molecular weight excluding hydrogens is 294 g/mol. The Bertz CT molecular complexity index is 913. The van der Waals surface area contributed by atoms with Crippen molar-refractivity contribution in [1.29, 1.82) is 0 Å². The molecule has 2 N–H and O–H groups in total.